The number of rotatable bonds is 4. The number of amides is 1. The lowest BCUT2D eigenvalue weighted by Gasteiger charge is -2.20. The first-order chi connectivity index (χ1) is 14.0. The molecular formula is C23H19FN2O3. The Morgan fingerprint density at radius 1 is 1.10 bits per heavy atom. The van der Waals surface area contributed by atoms with Gasteiger partial charge in [0.25, 0.3) is 0 Å². The number of carbonyl (C=O) groups is 1. The van der Waals surface area contributed by atoms with Gasteiger partial charge in [0.2, 0.25) is 5.91 Å². The third-order valence-corrected chi connectivity index (χ3v) is 4.75. The number of halogens is 1. The highest BCUT2D eigenvalue weighted by Gasteiger charge is 2.31. The fourth-order valence-corrected chi connectivity index (χ4v) is 3.32. The van der Waals surface area contributed by atoms with E-state index in [4.69, 9.17) is 4.74 Å². The Hall–Kier alpha value is -3.67. The predicted octanol–water partition coefficient (Wildman–Crippen LogP) is 5.02. The highest BCUT2D eigenvalue weighted by atomic mass is 19.1. The second-order valence-corrected chi connectivity index (χ2v) is 6.78. The zero-order chi connectivity index (χ0) is 20.4. The van der Waals surface area contributed by atoms with Gasteiger partial charge in [-0.1, -0.05) is 30.3 Å². The molecule has 1 amide bonds. The van der Waals surface area contributed by atoms with Gasteiger partial charge >= 0.3 is 0 Å². The predicted molar refractivity (Wildman–Crippen MR) is 107 cm³/mol. The maximum atomic E-state index is 13.3. The molecule has 1 aliphatic rings. The number of hydrogen-bond acceptors (Lipinski definition) is 4. The molecule has 0 aliphatic carbocycles. The molecule has 3 aromatic carbocycles. The largest absolute Gasteiger partial charge is 0.504 e. The van der Waals surface area contributed by atoms with Crippen molar-refractivity contribution in [1.29, 1.82) is 0 Å². The maximum absolute atomic E-state index is 13.3. The Labute approximate surface area is 167 Å². The summed E-state index contributed by atoms with van der Waals surface area (Å²) in [6.45, 7) is 1.44. The number of benzene rings is 3. The molecule has 0 bridgehead atoms. The van der Waals surface area contributed by atoms with Crippen LogP contribution in [0.3, 0.4) is 0 Å². The summed E-state index contributed by atoms with van der Waals surface area (Å²) in [5.41, 5.74) is 2.16. The van der Waals surface area contributed by atoms with E-state index in [1.807, 2.05) is 18.2 Å². The average molecular weight is 390 g/mol. The molecule has 0 saturated heterocycles. The minimum absolute atomic E-state index is 0.0198. The molecule has 29 heavy (non-hydrogen) atoms. The molecule has 0 radical (unpaired) electrons. The minimum atomic E-state index is -0.332. The smallest absolute Gasteiger partial charge is 0.240 e. The van der Waals surface area contributed by atoms with Crippen LogP contribution in [-0.2, 0) is 4.79 Å². The summed E-state index contributed by atoms with van der Waals surface area (Å²) >= 11 is 0. The first-order valence-electron chi connectivity index (χ1n) is 9.20. The number of ether oxygens (including phenoxy) is 1. The quantitative estimate of drug-likeness (QED) is 0.680. The Kier molecular flexibility index (Phi) is 4.99. The molecule has 1 unspecified atom stereocenters. The zero-order valence-corrected chi connectivity index (χ0v) is 15.7. The van der Waals surface area contributed by atoms with Gasteiger partial charge in [-0.3, -0.25) is 4.79 Å². The summed E-state index contributed by atoms with van der Waals surface area (Å²) in [6.07, 6.45) is 0.462. The van der Waals surface area contributed by atoms with Gasteiger partial charge in [-0.2, -0.15) is 5.10 Å². The van der Waals surface area contributed by atoms with Crippen LogP contribution < -0.4 is 4.74 Å². The Morgan fingerprint density at radius 3 is 2.48 bits per heavy atom. The van der Waals surface area contributed by atoms with E-state index in [2.05, 4.69) is 5.10 Å². The highest BCUT2D eigenvalue weighted by molar-refractivity contribution is 6.03. The molecule has 6 heteroatoms. The SMILES string of the molecule is CC(=O)N1N=C(c2ccc(Oc3ccccc3)c(O)c2)CC1c1ccc(F)cc1. The van der Waals surface area contributed by atoms with Crippen LogP contribution in [0.5, 0.6) is 17.2 Å². The molecule has 3 aromatic rings. The molecular weight excluding hydrogens is 371 g/mol. The molecule has 4 rings (SSSR count). The van der Waals surface area contributed by atoms with E-state index in [1.165, 1.54) is 24.1 Å². The summed E-state index contributed by atoms with van der Waals surface area (Å²) < 4.78 is 19.0. The summed E-state index contributed by atoms with van der Waals surface area (Å²) in [5, 5.41) is 16.2. The molecule has 0 spiro atoms. The van der Waals surface area contributed by atoms with Crippen LogP contribution >= 0.6 is 0 Å². The molecule has 1 aliphatic heterocycles. The lowest BCUT2D eigenvalue weighted by Crippen LogP contribution is -2.24. The van der Waals surface area contributed by atoms with E-state index in [-0.39, 0.29) is 23.5 Å². The number of hydrazone groups is 1. The van der Waals surface area contributed by atoms with Crippen molar-refractivity contribution in [1.82, 2.24) is 5.01 Å². The molecule has 0 fully saturated rings. The molecule has 1 atom stereocenters. The number of aromatic hydroxyl groups is 1. The van der Waals surface area contributed by atoms with Crippen molar-refractivity contribution >= 4 is 11.6 Å². The first-order valence-corrected chi connectivity index (χ1v) is 9.20. The van der Waals surface area contributed by atoms with Crippen molar-refractivity contribution in [3.05, 3.63) is 89.7 Å². The van der Waals surface area contributed by atoms with Crippen LogP contribution in [0.2, 0.25) is 0 Å². The van der Waals surface area contributed by atoms with Crippen molar-refractivity contribution in [3.8, 4) is 17.2 Å². The number of nitrogens with zero attached hydrogens (tertiary/aromatic N) is 2. The number of hydrogen-bond donors (Lipinski definition) is 1. The second kappa shape index (κ2) is 7.75. The van der Waals surface area contributed by atoms with E-state index in [0.717, 1.165) is 5.56 Å². The van der Waals surface area contributed by atoms with Crippen LogP contribution in [0.25, 0.3) is 0 Å². The van der Waals surface area contributed by atoms with Crippen LogP contribution in [0.1, 0.15) is 30.5 Å². The minimum Gasteiger partial charge on any atom is -0.504 e. The van der Waals surface area contributed by atoms with Gasteiger partial charge in [0, 0.05) is 18.9 Å². The van der Waals surface area contributed by atoms with Crippen molar-refractivity contribution < 1.29 is 19.0 Å². The summed E-state index contributed by atoms with van der Waals surface area (Å²) in [7, 11) is 0. The molecule has 0 saturated carbocycles. The topological polar surface area (TPSA) is 62.1 Å². The Morgan fingerprint density at radius 2 is 1.83 bits per heavy atom. The maximum Gasteiger partial charge on any atom is 0.240 e. The van der Waals surface area contributed by atoms with Gasteiger partial charge in [-0.15, -0.1) is 0 Å². The second-order valence-electron chi connectivity index (χ2n) is 6.78. The normalized spacial score (nSPS) is 15.9. The monoisotopic (exact) mass is 390 g/mol. The highest BCUT2D eigenvalue weighted by Crippen LogP contribution is 2.36. The first kappa shape index (κ1) is 18.7. The van der Waals surface area contributed by atoms with Gasteiger partial charge in [0.05, 0.1) is 11.8 Å². The average Bonchev–Trinajstić information content (AvgIpc) is 3.17. The van der Waals surface area contributed by atoms with Crippen molar-refractivity contribution in [2.75, 3.05) is 0 Å². The van der Waals surface area contributed by atoms with Gasteiger partial charge in [-0.25, -0.2) is 9.40 Å². The van der Waals surface area contributed by atoms with Gasteiger partial charge < -0.3 is 9.84 Å². The Balaban J connectivity index is 1.59. The number of carbonyl (C=O) groups excluding carboxylic acids is 1. The van der Waals surface area contributed by atoms with Crippen LogP contribution in [0.15, 0.2) is 77.9 Å². The molecule has 0 aromatic heterocycles. The van der Waals surface area contributed by atoms with E-state index < -0.39 is 0 Å². The van der Waals surface area contributed by atoms with E-state index in [9.17, 15) is 14.3 Å². The molecule has 5 nitrogen and oxygen atoms in total. The number of phenolic OH excluding ortho intramolecular Hbond substituents is 1. The van der Waals surface area contributed by atoms with Gasteiger partial charge in [-0.05, 0) is 48.0 Å². The lowest BCUT2D eigenvalue weighted by atomic mass is 9.98. The van der Waals surface area contributed by atoms with Crippen molar-refractivity contribution in [2.24, 2.45) is 5.10 Å². The number of para-hydroxylation sites is 1. The van der Waals surface area contributed by atoms with Crippen LogP contribution in [0, 0.1) is 5.82 Å². The van der Waals surface area contributed by atoms with Gasteiger partial charge in [0.1, 0.15) is 11.6 Å². The lowest BCUT2D eigenvalue weighted by molar-refractivity contribution is -0.130. The molecule has 1 heterocycles. The molecule has 146 valence electrons. The van der Waals surface area contributed by atoms with Crippen molar-refractivity contribution in [2.45, 2.75) is 19.4 Å². The molecule has 1 N–H and O–H groups in total. The van der Waals surface area contributed by atoms with Crippen molar-refractivity contribution in [3.63, 3.8) is 0 Å². The third kappa shape index (κ3) is 3.96. The third-order valence-electron chi connectivity index (χ3n) is 4.75. The van der Waals surface area contributed by atoms with Crippen LogP contribution in [-0.4, -0.2) is 21.7 Å². The summed E-state index contributed by atoms with van der Waals surface area (Å²) in [6, 6.07) is 19.9. The van der Waals surface area contributed by atoms with E-state index in [0.29, 0.717) is 29.2 Å². The standard InChI is InChI=1S/C23H19FN2O3/c1-15(27)26-21(16-7-10-18(24)11-8-16)14-20(25-26)17-9-12-23(22(28)13-17)29-19-5-3-2-4-6-19/h2-13,21,28H,14H2,1H3. The summed E-state index contributed by atoms with van der Waals surface area (Å²) in [4.78, 5) is 12.1. The zero-order valence-electron chi connectivity index (χ0n) is 15.7. The Bertz CT molecular complexity index is 1070. The van der Waals surface area contributed by atoms with Crippen LogP contribution in [0.4, 0.5) is 4.39 Å². The fraction of sp³-hybridized carbons (Fsp3) is 0.130. The fourth-order valence-electron chi connectivity index (χ4n) is 3.32. The number of phenols is 1. The summed E-state index contributed by atoms with van der Waals surface area (Å²) in [5.74, 6) is 0.391. The van der Waals surface area contributed by atoms with E-state index >= 15 is 0 Å². The van der Waals surface area contributed by atoms with Gasteiger partial charge in [0.15, 0.2) is 11.5 Å². The van der Waals surface area contributed by atoms with E-state index in [1.54, 1.807) is 42.5 Å².